The van der Waals surface area contributed by atoms with Gasteiger partial charge in [-0.3, -0.25) is 10.8 Å². The molecule has 0 aromatic rings. The van der Waals surface area contributed by atoms with Crippen molar-refractivity contribution in [2.75, 3.05) is 0 Å². The van der Waals surface area contributed by atoms with Crippen LogP contribution < -0.4 is 22.9 Å². The standard InChI is InChI=1S/2CH5N3.BrH.ClH/c2*2-1(3)4;;/h2*(H5,2,3,4);2*1H. The molecule has 64 valence electrons. The summed E-state index contributed by atoms with van der Waals surface area (Å²) in [6.45, 7) is 0. The maximum atomic E-state index is 6.06. The minimum absolute atomic E-state index is 0. The second-order valence-corrected chi connectivity index (χ2v) is 0.911. The topological polar surface area (TPSA) is 152 Å². The normalized spacial score (nSPS) is 4.80. The molecule has 0 saturated heterocycles. The first kappa shape index (κ1) is 22.8. The molecule has 0 aliphatic heterocycles. The summed E-state index contributed by atoms with van der Waals surface area (Å²) >= 11 is 0. The van der Waals surface area contributed by atoms with Crippen molar-refractivity contribution >= 4 is 41.3 Å². The van der Waals surface area contributed by atoms with Crippen molar-refractivity contribution in [1.29, 1.82) is 10.8 Å². The molecule has 0 fully saturated rings. The molecule has 0 rings (SSSR count). The Balaban J connectivity index is -0.0000000300. The van der Waals surface area contributed by atoms with Crippen molar-refractivity contribution in [3.63, 3.8) is 0 Å². The molecule has 0 aromatic carbocycles. The Labute approximate surface area is 75.5 Å². The molecule has 0 aromatic heterocycles. The van der Waals surface area contributed by atoms with Crippen molar-refractivity contribution in [3.05, 3.63) is 0 Å². The molecule has 0 aliphatic carbocycles. The molecule has 8 heteroatoms. The molecule has 10 N–H and O–H groups in total. The Morgan fingerprint density at radius 3 is 0.800 bits per heavy atom. The van der Waals surface area contributed by atoms with E-state index >= 15 is 0 Å². The van der Waals surface area contributed by atoms with E-state index in [-0.39, 0.29) is 41.3 Å². The first-order chi connectivity index (χ1) is 3.46. The van der Waals surface area contributed by atoms with E-state index in [9.17, 15) is 0 Å². The number of nitrogens with two attached hydrogens (primary N) is 4. The maximum Gasteiger partial charge on any atom is 0.183 e. The summed E-state index contributed by atoms with van der Waals surface area (Å²) in [5.74, 6) is -0.667. The molecule has 0 unspecified atom stereocenters. The van der Waals surface area contributed by atoms with Gasteiger partial charge < -0.3 is 22.9 Å². The van der Waals surface area contributed by atoms with Gasteiger partial charge in [-0.1, -0.05) is 0 Å². The number of hydrogen-bond acceptors (Lipinski definition) is 2. The third-order valence-electron chi connectivity index (χ3n) is 0. The summed E-state index contributed by atoms with van der Waals surface area (Å²) in [7, 11) is 0. The van der Waals surface area contributed by atoms with Crippen molar-refractivity contribution in [2.24, 2.45) is 22.9 Å². The molecule has 0 amide bonds. The van der Waals surface area contributed by atoms with Gasteiger partial charge in [-0.15, -0.1) is 29.4 Å². The lowest BCUT2D eigenvalue weighted by Gasteiger charge is -1.69. The van der Waals surface area contributed by atoms with Gasteiger partial charge >= 0.3 is 0 Å². The van der Waals surface area contributed by atoms with Crippen LogP contribution in [0.3, 0.4) is 0 Å². The Morgan fingerprint density at radius 2 is 0.800 bits per heavy atom. The fourth-order valence-corrected chi connectivity index (χ4v) is 0. The van der Waals surface area contributed by atoms with Crippen LogP contribution in [-0.2, 0) is 0 Å². The van der Waals surface area contributed by atoms with Gasteiger partial charge in [0.25, 0.3) is 0 Å². The van der Waals surface area contributed by atoms with E-state index in [0.29, 0.717) is 0 Å². The highest BCUT2D eigenvalue weighted by Gasteiger charge is 1.52. The zero-order valence-corrected chi connectivity index (χ0v) is 7.66. The lowest BCUT2D eigenvalue weighted by atomic mass is 11.1. The van der Waals surface area contributed by atoms with Gasteiger partial charge in [0.1, 0.15) is 0 Å². The Kier molecular flexibility index (Phi) is 35.9. The average molecular weight is 236 g/mol. The lowest BCUT2D eigenvalue weighted by Crippen LogP contribution is -2.20. The summed E-state index contributed by atoms with van der Waals surface area (Å²) in [5, 5.41) is 12.1. The van der Waals surface area contributed by atoms with Crippen LogP contribution in [0.5, 0.6) is 0 Å². The molecule has 0 saturated carbocycles. The lowest BCUT2D eigenvalue weighted by molar-refractivity contribution is 1.38. The monoisotopic (exact) mass is 234 g/mol. The van der Waals surface area contributed by atoms with Gasteiger partial charge in [-0.2, -0.15) is 0 Å². The molecule has 0 heterocycles. The van der Waals surface area contributed by atoms with Crippen LogP contribution in [0.2, 0.25) is 0 Å². The van der Waals surface area contributed by atoms with E-state index in [2.05, 4.69) is 22.9 Å². The number of rotatable bonds is 0. The van der Waals surface area contributed by atoms with Crippen LogP contribution in [0.4, 0.5) is 0 Å². The number of hydrogen-bond donors (Lipinski definition) is 6. The van der Waals surface area contributed by atoms with Crippen molar-refractivity contribution < 1.29 is 0 Å². The van der Waals surface area contributed by atoms with E-state index < -0.39 is 0 Å². The van der Waals surface area contributed by atoms with E-state index in [0.717, 1.165) is 0 Å². The van der Waals surface area contributed by atoms with E-state index in [1.54, 1.807) is 0 Å². The number of guanidine groups is 2. The SMILES string of the molecule is Br.Cl.N=C(N)N.N=C(N)N. The average Bonchev–Trinajstić information content (AvgIpc) is 1.25. The Morgan fingerprint density at radius 1 is 0.800 bits per heavy atom. The highest BCUT2D eigenvalue weighted by atomic mass is 79.9. The zero-order valence-electron chi connectivity index (χ0n) is 5.13. The molecule has 0 spiro atoms. The first-order valence-electron chi connectivity index (χ1n) is 1.65. The largest absolute Gasteiger partial charge is 0.370 e. The second kappa shape index (κ2) is 15.7. The molecular weight excluding hydrogens is 223 g/mol. The van der Waals surface area contributed by atoms with E-state index in [1.807, 2.05) is 0 Å². The summed E-state index contributed by atoms with van der Waals surface area (Å²) in [4.78, 5) is 0. The summed E-state index contributed by atoms with van der Waals surface area (Å²) < 4.78 is 0. The van der Waals surface area contributed by atoms with Crippen LogP contribution in [-0.4, -0.2) is 11.9 Å². The van der Waals surface area contributed by atoms with Gasteiger partial charge in [0.15, 0.2) is 11.9 Å². The molecule has 0 atom stereocenters. The predicted octanol–water partition coefficient (Wildman–Crippen LogP) is -1.32. The third-order valence-corrected chi connectivity index (χ3v) is 0. The number of nitrogens with one attached hydrogen (secondary N) is 2. The zero-order chi connectivity index (χ0) is 7.15. The van der Waals surface area contributed by atoms with Crippen LogP contribution in [0.25, 0.3) is 0 Å². The predicted molar refractivity (Wildman–Crippen MR) is 49.8 cm³/mol. The molecule has 6 nitrogen and oxygen atoms in total. The summed E-state index contributed by atoms with van der Waals surface area (Å²) in [5.41, 5.74) is 17.9. The van der Waals surface area contributed by atoms with Gasteiger partial charge in [-0.25, -0.2) is 0 Å². The maximum absolute atomic E-state index is 6.06. The quantitative estimate of drug-likeness (QED) is 0.228. The van der Waals surface area contributed by atoms with Crippen LogP contribution in [0.15, 0.2) is 0 Å². The fraction of sp³-hybridized carbons (Fsp3) is 0. The Bertz CT molecular complexity index is 73.7. The molecule has 0 bridgehead atoms. The molecule has 10 heavy (non-hydrogen) atoms. The second-order valence-electron chi connectivity index (χ2n) is 0.911. The van der Waals surface area contributed by atoms with Crippen molar-refractivity contribution in [3.8, 4) is 0 Å². The molecule has 0 aliphatic rings. The van der Waals surface area contributed by atoms with Crippen LogP contribution in [0.1, 0.15) is 0 Å². The van der Waals surface area contributed by atoms with E-state index in [1.165, 1.54) is 0 Å². The first-order valence-corrected chi connectivity index (χ1v) is 1.65. The van der Waals surface area contributed by atoms with Crippen LogP contribution in [0, 0.1) is 10.8 Å². The van der Waals surface area contributed by atoms with Crippen LogP contribution >= 0.6 is 29.4 Å². The van der Waals surface area contributed by atoms with E-state index in [4.69, 9.17) is 10.8 Å². The highest BCUT2D eigenvalue weighted by molar-refractivity contribution is 8.93. The van der Waals surface area contributed by atoms with Gasteiger partial charge in [0, 0.05) is 0 Å². The fourth-order valence-electron chi connectivity index (χ4n) is 0. The number of halogens is 2. The van der Waals surface area contributed by atoms with Gasteiger partial charge in [0.05, 0.1) is 0 Å². The third kappa shape index (κ3) is 611. The molecular formula is C2H12BrClN6. The minimum Gasteiger partial charge on any atom is -0.370 e. The summed E-state index contributed by atoms with van der Waals surface area (Å²) in [6.07, 6.45) is 0. The summed E-state index contributed by atoms with van der Waals surface area (Å²) in [6, 6.07) is 0. The van der Waals surface area contributed by atoms with Gasteiger partial charge in [0.2, 0.25) is 0 Å². The highest BCUT2D eigenvalue weighted by Crippen LogP contribution is 1.13. The smallest absolute Gasteiger partial charge is 0.183 e. The van der Waals surface area contributed by atoms with Crippen molar-refractivity contribution in [2.45, 2.75) is 0 Å². The van der Waals surface area contributed by atoms with Crippen molar-refractivity contribution in [1.82, 2.24) is 0 Å². The van der Waals surface area contributed by atoms with Gasteiger partial charge in [-0.05, 0) is 0 Å². The Hall–Kier alpha value is -0.690. The molecule has 0 radical (unpaired) electrons. The minimum atomic E-state index is -0.333.